The standard InChI is InChI=1S/C12H17F/c1-4-9(3)12-10(5-2)7-6-8-11(12)13/h6-9H,4-5H2,1-3H3. The first-order chi connectivity index (χ1) is 6.20. The van der Waals surface area contributed by atoms with Crippen LogP contribution in [0, 0.1) is 5.82 Å². The smallest absolute Gasteiger partial charge is 0.126 e. The molecule has 0 bridgehead atoms. The van der Waals surface area contributed by atoms with E-state index in [1.54, 1.807) is 12.1 Å². The topological polar surface area (TPSA) is 0 Å². The van der Waals surface area contributed by atoms with Gasteiger partial charge in [-0.25, -0.2) is 4.39 Å². The molecule has 1 aromatic rings. The zero-order chi connectivity index (χ0) is 9.84. The molecule has 72 valence electrons. The normalized spacial score (nSPS) is 12.9. The van der Waals surface area contributed by atoms with Crippen molar-refractivity contribution in [3.63, 3.8) is 0 Å². The van der Waals surface area contributed by atoms with E-state index < -0.39 is 0 Å². The van der Waals surface area contributed by atoms with Crippen molar-refractivity contribution in [1.29, 1.82) is 0 Å². The van der Waals surface area contributed by atoms with Crippen LogP contribution >= 0.6 is 0 Å². The van der Waals surface area contributed by atoms with Gasteiger partial charge in [-0.05, 0) is 36.0 Å². The van der Waals surface area contributed by atoms with Crippen molar-refractivity contribution >= 4 is 0 Å². The minimum absolute atomic E-state index is 0.0475. The molecule has 0 saturated heterocycles. The predicted molar refractivity (Wildman–Crippen MR) is 54.5 cm³/mol. The predicted octanol–water partition coefficient (Wildman–Crippen LogP) is 3.90. The summed E-state index contributed by atoms with van der Waals surface area (Å²) in [6.45, 7) is 6.24. The van der Waals surface area contributed by atoms with Crippen LogP contribution in [0.25, 0.3) is 0 Å². The molecule has 1 aromatic carbocycles. The molecule has 1 unspecified atom stereocenters. The van der Waals surface area contributed by atoms with Crippen molar-refractivity contribution in [2.24, 2.45) is 0 Å². The summed E-state index contributed by atoms with van der Waals surface area (Å²) >= 11 is 0. The molecule has 13 heavy (non-hydrogen) atoms. The Labute approximate surface area is 79.8 Å². The number of benzene rings is 1. The van der Waals surface area contributed by atoms with Crippen LogP contribution in [0.4, 0.5) is 4.39 Å². The SMILES string of the molecule is CCc1cccc(F)c1C(C)CC. The van der Waals surface area contributed by atoms with Crippen LogP contribution in [-0.4, -0.2) is 0 Å². The van der Waals surface area contributed by atoms with Crippen molar-refractivity contribution < 1.29 is 4.39 Å². The highest BCUT2D eigenvalue weighted by Crippen LogP contribution is 2.25. The van der Waals surface area contributed by atoms with Crippen LogP contribution in [0.1, 0.15) is 44.2 Å². The van der Waals surface area contributed by atoms with Gasteiger partial charge in [-0.15, -0.1) is 0 Å². The first kappa shape index (κ1) is 10.2. The van der Waals surface area contributed by atoms with E-state index in [-0.39, 0.29) is 5.82 Å². The Hall–Kier alpha value is -0.850. The van der Waals surface area contributed by atoms with E-state index in [1.165, 1.54) is 0 Å². The highest BCUT2D eigenvalue weighted by atomic mass is 19.1. The lowest BCUT2D eigenvalue weighted by Crippen LogP contribution is -2.01. The molecule has 0 nitrogen and oxygen atoms in total. The first-order valence-electron chi connectivity index (χ1n) is 4.98. The second-order valence-electron chi connectivity index (χ2n) is 3.48. The Morgan fingerprint density at radius 1 is 1.31 bits per heavy atom. The van der Waals surface area contributed by atoms with Gasteiger partial charge in [0.15, 0.2) is 0 Å². The lowest BCUT2D eigenvalue weighted by atomic mass is 9.92. The summed E-state index contributed by atoms with van der Waals surface area (Å²) in [5.41, 5.74) is 2.06. The molecule has 0 aliphatic heterocycles. The van der Waals surface area contributed by atoms with Gasteiger partial charge >= 0.3 is 0 Å². The van der Waals surface area contributed by atoms with E-state index in [9.17, 15) is 4.39 Å². The summed E-state index contributed by atoms with van der Waals surface area (Å²) < 4.78 is 13.5. The van der Waals surface area contributed by atoms with Gasteiger partial charge in [0, 0.05) is 0 Å². The molecule has 1 heteroatoms. The third-order valence-electron chi connectivity index (χ3n) is 2.63. The summed E-state index contributed by atoms with van der Waals surface area (Å²) in [6.07, 6.45) is 1.91. The van der Waals surface area contributed by atoms with Crippen molar-refractivity contribution in [1.82, 2.24) is 0 Å². The number of aryl methyl sites for hydroxylation is 1. The fourth-order valence-corrected chi connectivity index (χ4v) is 1.65. The summed E-state index contributed by atoms with van der Waals surface area (Å²) in [7, 11) is 0. The van der Waals surface area contributed by atoms with Crippen LogP contribution in [-0.2, 0) is 6.42 Å². The van der Waals surface area contributed by atoms with Gasteiger partial charge < -0.3 is 0 Å². The fourth-order valence-electron chi connectivity index (χ4n) is 1.65. The first-order valence-corrected chi connectivity index (χ1v) is 4.98. The van der Waals surface area contributed by atoms with Gasteiger partial charge in [0.25, 0.3) is 0 Å². The van der Waals surface area contributed by atoms with E-state index in [0.29, 0.717) is 5.92 Å². The van der Waals surface area contributed by atoms with Crippen LogP contribution in [0.15, 0.2) is 18.2 Å². The summed E-state index contributed by atoms with van der Waals surface area (Å²) in [5.74, 6) is 0.282. The van der Waals surface area contributed by atoms with Crippen molar-refractivity contribution in [3.8, 4) is 0 Å². The van der Waals surface area contributed by atoms with Gasteiger partial charge in [0.05, 0.1) is 0 Å². The number of halogens is 1. The average molecular weight is 180 g/mol. The molecule has 0 N–H and O–H groups in total. The zero-order valence-corrected chi connectivity index (χ0v) is 8.60. The molecule has 0 aromatic heterocycles. The molecule has 1 rings (SSSR count). The van der Waals surface area contributed by atoms with Gasteiger partial charge in [-0.2, -0.15) is 0 Å². The van der Waals surface area contributed by atoms with Crippen LogP contribution in [0.5, 0.6) is 0 Å². The monoisotopic (exact) mass is 180 g/mol. The quantitative estimate of drug-likeness (QED) is 0.661. The van der Waals surface area contributed by atoms with Crippen LogP contribution in [0.3, 0.4) is 0 Å². The van der Waals surface area contributed by atoms with Gasteiger partial charge in [-0.1, -0.05) is 32.9 Å². The van der Waals surface area contributed by atoms with E-state index in [0.717, 1.165) is 24.0 Å². The molecule has 0 aliphatic rings. The van der Waals surface area contributed by atoms with Gasteiger partial charge in [0.2, 0.25) is 0 Å². The average Bonchev–Trinajstić information content (AvgIpc) is 2.16. The maximum absolute atomic E-state index is 13.5. The van der Waals surface area contributed by atoms with Crippen molar-refractivity contribution in [2.45, 2.75) is 39.5 Å². The number of hydrogen-bond donors (Lipinski definition) is 0. The lowest BCUT2D eigenvalue weighted by molar-refractivity contribution is 0.578. The Bertz CT molecular complexity index is 278. The molecule has 0 heterocycles. The molecule has 0 saturated carbocycles. The maximum Gasteiger partial charge on any atom is 0.126 e. The highest BCUT2D eigenvalue weighted by Gasteiger charge is 2.12. The molecule has 0 fully saturated rings. The minimum Gasteiger partial charge on any atom is -0.207 e. The Morgan fingerprint density at radius 2 is 2.00 bits per heavy atom. The zero-order valence-electron chi connectivity index (χ0n) is 8.60. The third-order valence-corrected chi connectivity index (χ3v) is 2.63. The Morgan fingerprint density at radius 3 is 2.54 bits per heavy atom. The lowest BCUT2D eigenvalue weighted by Gasteiger charge is -2.14. The Kier molecular flexibility index (Phi) is 3.47. The highest BCUT2D eigenvalue weighted by molar-refractivity contribution is 5.31. The second kappa shape index (κ2) is 4.40. The van der Waals surface area contributed by atoms with E-state index >= 15 is 0 Å². The minimum atomic E-state index is -0.0475. The van der Waals surface area contributed by atoms with Crippen molar-refractivity contribution in [3.05, 3.63) is 35.1 Å². The summed E-state index contributed by atoms with van der Waals surface area (Å²) in [4.78, 5) is 0. The van der Waals surface area contributed by atoms with Gasteiger partial charge in [-0.3, -0.25) is 0 Å². The molecular weight excluding hydrogens is 163 g/mol. The van der Waals surface area contributed by atoms with Crippen LogP contribution < -0.4 is 0 Å². The van der Waals surface area contributed by atoms with Crippen LogP contribution in [0.2, 0.25) is 0 Å². The largest absolute Gasteiger partial charge is 0.207 e. The second-order valence-corrected chi connectivity index (χ2v) is 3.48. The van der Waals surface area contributed by atoms with Gasteiger partial charge in [0.1, 0.15) is 5.82 Å². The van der Waals surface area contributed by atoms with E-state index in [4.69, 9.17) is 0 Å². The maximum atomic E-state index is 13.5. The van der Waals surface area contributed by atoms with E-state index in [2.05, 4.69) is 20.8 Å². The third kappa shape index (κ3) is 2.09. The molecular formula is C12H17F. The molecule has 0 spiro atoms. The molecule has 0 aliphatic carbocycles. The molecule has 0 radical (unpaired) electrons. The summed E-state index contributed by atoms with van der Waals surface area (Å²) in [5, 5.41) is 0. The fraction of sp³-hybridized carbons (Fsp3) is 0.500. The molecule has 1 atom stereocenters. The Balaban J connectivity index is 3.14. The van der Waals surface area contributed by atoms with Crippen molar-refractivity contribution in [2.75, 3.05) is 0 Å². The molecule has 0 amide bonds. The van der Waals surface area contributed by atoms with E-state index in [1.807, 2.05) is 6.07 Å². The number of rotatable bonds is 3. The number of hydrogen-bond acceptors (Lipinski definition) is 0. The summed E-state index contributed by atoms with van der Waals surface area (Å²) in [6, 6.07) is 5.37.